The van der Waals surface area contributed by atoms with E-state index in [0.717, 1.165) is 49.1 Å². The zero-order valence-corrected chi connectivity index (χ0v) is 40.9. The first kappa shape index (κ1) is 36.4. The third-order valence-electron chi connectivity index (χ3n) is 12.2. The molecule has 0 aliphatic heterocycles. The van der Waals surface area contributed by atoms with Crippen LogP contribution in [0.2, 0.25) is 0 Å². The van der Waals surface area contributed by atoms with Crippen LogP contribution in [0.15, 0.2) is 156 Å². The van der Waals surface area contributed by atoms with Gasteiger partial charge in [0.2, 0.25) is 0 Å². The maximum absolute atomic E-state index is 9.54. The Morgan fingerprint density at radius 1 is 0.672 bits per heavy atom. The Hall–Kier alpha value is -6.72. The number of para-hydroxylation sites is 1. The number of imidazole rings is 1. The number of nitrogens with zero attached hydrogens (tertiary/aromatic N) is 4. The van der Waals surface area contributed by atoms with Crippen LogP contribution in [0.3, 0.4) is 0 Å². The molecule has 0 N–H and O–H groups in total. The van der Waals surface area contributed by atoms with Crippen molar-refractivity contribution in [3.63, 3.8) is 0 Å². The second kappa shape index (κ2) is 18.2. The zero-order valence-electron chi connectivity index (χ0n) is 46.5. The van der Waals surface area contributed by atoms with Gasteiger partial charge >= 0.3 is 0 Å². The largest absolute Gasteiger partial charge is 0.501 e. The molecule has 11 aromatic rings. The van der Waals surface area contributed by atoms with Crippen LogP contribution in [-0.2, 0) is 25.5 Å². The normalized spacial score (nSPS) is 14.3. The minimum absolute atomic E-state index is 0. The smallest absolute Gasteiger partial charge is 0.121 e. The molecule has 8 aromatic carbocycles. The molecule has 0 unspecified atom stereocenters. The molecular formula is C61H54IrN4O-2. The van der Waals surface area contributed by atoms with Crippen LogP contribution in [0, 0.1) is 25.8 Å². The summed E-state index contributed by atoms with van der Waals surface area (Å²) in [5.74, 6) is -1.35. The predicted molar refractivity (Wildman–Crippen MR) is 276 cm³/mol. The fraction of sp³-hybridized carbons (Fsp3) is 0.197. The minimum Gasteiger partial charge on any atom is -0.501 e. The van der Waals surface area contributed by atoms with Gasteiger partial charge in [-0.2, -0.15) is 0 Å². The van der Waals surface area contributed by atoms with Gasteiger partial charge in [-0.05, 0) is 104 Å². The number of aromatic nitrogens is 4. The predicted octanol–water partition coefficient (Wildman–Crippen LogP) is 16.5. The summed E-state index contributed by atoms with van der Waals surface area (Å²) in [6.45, 7) is 8.96. The Kier molecular flexibility index (Phi) is 9.87. The number of furan rings is 1. The molecule has 11 rings (SSSR count). The van der Waals surface area contributed by atoms with Crippen LogP contribution in [0.4, 0.5) is 0 Å². The second-order valence-corrected chi connectivity index (χ2v) is 18.3. The molecule has 0 fully saturated rings. The van der Waals surface area contributed by atoms with Crippen LogP contribution in [0.25, 0.3) is 94.1 Å². The van der Waals surface area contributed by atoms with Crippen LogP contribution in [0.5, 0.6) is 0 Å². The summed E-state index contributed by atoms with van der Waals surface area (Å²) in [7, 11) is 0. The third kappa shape index (κ3) is 8.50. The van der Waals surface area contributed by atoms with Crippen molar-refractivity contribution in [2.75, 3.05) is 0 Å². The molecule has 0 atom stereocenters. The summed E-state index contributed by atoms with van der Waals surface area (Å²) in [4.78, 5) is 13.9. The van der Waals surface area contributed by atoms with Gasteiger partial charge in [0.1, 0.15) is 5.58 Å². The van der Waals surface area contributed by atoms with Gasteiger partial charge in [0.05, 0.1) is 28.3 Å². The van der Waals surface area contributed by atoms with Crippen molar-refractivity contribution < 1.29 is 35.5 Å². The van der Waals surface area contributed by atoms with E-state index < -0.39 is 25.5 Å². The van der Waals surface area contributed by atoms with Gasteiger partial charge in [-0.3, -0.25) is 15.0 Å². The summed E-state index contributed by atoms with van der Waals surface area (Å²) >= 11 is 0. The number of benzene rings is 8. The molecule has 67 heavy (non-hydrogen) atoms. The molecule has 6 heteroatoms. The number of fused-ring (bicyclic) bond motifs is 7. The molecular weight excluding hydrogens is 997 g/mol. The summed E-state index contributed by atoms with van der Waals surface area (Å²) in [5, 5.41) is 6.29. The van der Waals surface area contributed by atoms with Crippen molar-refractivity contribution in [2.45, 2.75) is 79.4 Å². The van der Waals surface area contributed by atoms with E-state index in [2.05, 4.69) is 79.3 Å². The van der Waals surface area contributed by atoms with Crippen LogP contribution in [-0.4, -0.2) is 19.5 Å². The molecule has 3 aromatic heterocycles. The number of hydrogen-bond acceptors (Lipinski definition) is 4. The molecule has 0 aliphatic carbocycles. The number of aryl methyl sites for hydroxylation is 2. The van der Waals surface area contributed by atoms with Crippen molar-refractivity contribution in [1.82, 2.24) is 19.5 Å². The quantitative estimate of drug-likeness (QED) is 0.123. The van der Waals surface area contributed by atoms with E-state index in [0.29, 0.717) is 61.8 Å². The average Bonchev–Trinajstić information content (AvgIpc) is 3.93. The molecule has 3 heterocycles. The standard InChI is InChI=1S/C46H37N2O.C15H17N2.Ir/c1-27(2)37-24-33(30-14-7-6-8-15-30)25-38(28(3)4)44(37)48-43-29(5)13-11-20-41(43)47-46(48)36-19-12-18-35-40-23-32-22-21-31-16-9-10-17-34(31)39(32)26-42(40)49-45(35)36;1-11-5-7-12(8-6-11)14-16-10-9-13(17-14)15(2,3)4;/h6-18,20-28H,1-5H3;5-7,9-10H,1-4H3;/q2*-1;/i5D3,27D,28D;1D3;. The Balaban J connectivity index is 0.000000277. The molecule has 0 aliphatic rings. The Morgan fingerprint density at radius 3 is 2.15 bits per heavy atom. The Labute approximate surface area is 418 Å². The molecule has 0 bridgehead atoms. The SMILES string of the molecule is [2H]C([2H])([2H])c1c[c-]c(-c2nccc(C(C)(C)C)n2)cc1.[2H]C([2H])([2H])c1cccc2nc(-c3[c-]ccc4c3oc3cc5c(ccc6ccccc65)cc34)n(-c3c(C([2H])(C)C)cc(-c4ccccc4)cc3C([2H])(C)C)c12.[Ir]. The third-order valence-corrected chi connectivity index (χ3v) is 12.2. The van der Waals surface area contributed by atoms with Crippen LogP contribution < -0.4 is 0 Å². The maximum atomic E-state index is 9.54. The molecule has 0 saturated heterocycles. The van der Waals surface area contributed by atoms with E-state index in [1.165, 1.54) is 6.07 Å². The van der Waals surface area contributed by atoms with Crippen molar-refractivity contribution in [1.29, 1.82) is 0 Å². The average molecular weight is 1060 g/mol. The van der Waals surface area contributed by atoms with Crippen LogP contribution in [0.1, 0.15) is 99.2 Å². The Bertz CT molecular complexity index is 3900. The first-order chi connectivity index (χ1) is 34.9. The van der Waals surface area contributed by atoms with E-state index in [1.54, 1.807) is 30.5 Å². The van der Waals surface area contributed by atoms with Gasteiger partial charge < -0.3 is 8.98 Å². The van der Waals surface area contributed by atoms with Gasteiger partial charge in [-0.15, -0.1) is 53.6 Å². The summed E-state index contributed by atoms with van der Waals surface area (Å²) in [6.07, 6.45) is 1.72. The molecule has 0 saturated carbocycles. The van der Waals surface area contributed by atoms with Gasteiger partial charge in [0.25, 0.3) is 0 Å². The molecule has 0 amide bonds. The molecule has 1 radical (unpaired) electrons. The van der Waals surface area contributed by atoms with E-state index in [1.807, 2.05) is 111 Å². The van der Waals surface area contributed by atoms with E-state index in [-0.39, 0.29) is 36.6 Å². The fourth-order valence-electron chi connectivity index (χ4n) is 8.83. The van der Waals surface area contributed by atoms with E-state index >= 15 is 0 Å². The van der Waals surface area contributed by atoms with Crippen molar-refractivity contribution in [3.8, 4) is 39.6 Å². The monoisotopic (exact) mass is 1060 g/mol. The van der Waals surface area contributed by atoms with Crippen molar-refractivity contribution >= 4 is 54.5 Å². The number of rotatable bonds is 6. The molecule has 335 valence electrons. The molecule has 5 nitrogen and oxygen atoms in total. The molecule has 0 spiro atoms. The summed E-state index contributed by atoms with van der Waals surface area (Å²) in [5.41, 5.74) is 8.35. The topological polar surface area (TPSA) is 56.7 Å². The van der Waals surface area contributed by atoms with E-state index in [9.17, 15) is 2.74 Å². The first-order valence-corrected chi connectivity index (χ1v) is 22.2. The fourth-order valence-corrected chi connectivity index (χ4v) is 8.83. The summed E-state index contributed by atoms with van der Waals surface area (Å²) < 4.78 is 75.7. The van der Waals surface area contributed by atoms with Gasteiger partial charge in [-0.1, -0.05) is 145 Å². The maximum Gasteiger partial charge on any atom is 0.121 e. The van der Waals surface area contributed by atoms with Gasteiger partial charge in [0.15, 0.2) is 0 Å². The van der Waals surface area contributed by atoms with Gasteiger partial charge in [0, 0.05) is 59.5 Å². The zero-order chi connectivity index (χ0) is 52.7. The van der Waals surface area contributed by atoms with E-state index in [4.69, 9.17) is 17.6 Å². The van der Waals surface area contributed by atoms with Crippen molar-refractivity contribution in [2.24, 2.45) is 0 Å². The summed E-state index contributed by atoms with van der Waals surface area (Å²) in [6, 6.07) is 52.8. The number of hydrogen-bond donors (Lipinski definition) is 0. The second-order valence-electron chi connectivity index (χ2n) is 18.3. The van der Waals surface area contributed by atoms with Gasteiger partial charge in [-0.25, -0.2) is 0 Å². The van der Waals surface area contributed by atoms with Crippen LogP contribution >= 0.6 is 0 Å². The van der Waals surface area contributed by atoms with Crippen molar-refractivity contribution in [3.05, 3.63) is 192 Å². The first-order valence-electron chi connectivity index (χ1n) is 26.2. The Morgan fingerprint density at radius 2 is 1.43 bits per heavy atom. The minimum atomic E-state index is -2.48.